The number of nitrogens with one attached hydrogen (secondary N) is 2. The minimum absolute atomic E-state index is 0.0699. The maximum absolute atomic E-state index is 12.5. The lowest BCUT2D eigenvalue weighted by molar-refractivity contribution is -0.137. The topological polar surface area (TPSA) is 83.7 Å². The van der Waals surface area contributed by atoms with Crippen LogP contribution >= 0.6 is 0 Å². The summed E-state index contributed by atoms with van der Waals surface area (Å²) in [6, 6.07) is 6.19. The van der Waals surface area contributed by atoms with E-state index in [-0.39, 0.29) is 18.9 Å². The number of aliphatic hydroxyl groups excluding tert-OH is 1. The van der Waals surface area contributed by atoms with E-state index in [1.54, 1.807) is 10.9 Å². The van der Waals surface area contributed by atoms with Crippen molar-refractivity contribution in [2.75, 3.05) is 19.7 Å². The Kier molecular flexibility index (Phi) is 7.68. The zero-order valence-electron chi connectivity index (χ0n) is 15.7. The molecule has 0 radical (unpaired) electrons. The van der Waals surface area contributed by atoms with Gasteiger partial charge in [-0.1, -0.05) is 0 Å². The molecule has 7 nitrogen and oxygen atoms in total. The Morgan fingerprint density at radius 3 is 2.54 bits per heavy atom. The highest BCUT2D eigenvalue weighted by molar-refractivity contribution is 5.79. The lowest BCUT2D eigenvalue weighted by Crippen LogP contribution is -2.42. The SMILES string of the molecule is CCNC(=NCc1ccnn1C)NCC(O)COc1ccc(C(F)(F)F)cc1. The van der Waals surface area contributed by atoms with Crippen LogP contribution in [0.15, 0.2) is 41.5 Å². The van der Waals surface area contributed by atoms with Crippen molar-refractivity contribution >= 4 is 5.96 Å². The second kappa shape index (κ2) is 9.98. The van der Waals surface area contributed by atoms with Crippen LogP contribution in [-0.4, -0.2) is 46.6 Å². The normalized spacial score (nSPS) is 13.3. The smallest absolute Gasteiger partial charge is 0.416 e. The van der Waals surface area contributed by atoms with Crippen molar-refractivity contribution in [2.45, 2.75) is 25.7 Å². The molecule has 2 aromatic rings. The lowest BCUT2D eigenvalue weighted by atomic mass is 10.2. The van der Waals surface area contributed by atoms with E-state index in [9.17, 15) is 18.3 Å². The molecule has 1 heterocycles. The molecular formula is C18H24F3N5O2. The van der Waals surface area contributed by atoms with Gasteiger partial charge in [-0.2, -0.15) is 18.3 Å². The lowest BCUT2D eigenvalue weighted by Gasteiger charge is -2.16. The van der Waals surface area contributed by atoms with Gasteiger partial charge in [-0.25, -0.2) is 4.99 Å². The molecule has 0 aliphatic carbocycles. The number of aliphatic hydroxyl groups is 1. The first-order valence-electron chi connectivity index (χ1n) is 8.76. The van der Waals surface area contributed by atoms with E-state index < -0.39 is 17.8 Å². The number of guanidine groups is 1. The number of aromatic nitrogens is 2. The molecule has 1 atom stereocenters. The molecule has 154 valence electrons. The molecule has 3 N–H and O–H groups in total. The monoisotopic (exact) mass is 399 g/mol. The fourth-order valence-corrected chi connectivity index (χ4v) is 2.26. The number of hydrogen-bond acceptors (Lipinski definition) is 4. The molecule has 1 aromatic heterocycles. The summed E-state index contributed by atoms with van der Waals surface area (Å²) in [5.41, 5.74) is 0.186. The van der Waals surface area contributed by atoms with Crippen LogP contribution in [0.2, 0.25) is 0 Å². The molecule has 0 bridgehead atoms. The van der Waals surface area contributed by atoms with Gasteiger partial charge in [-0.05, 0) is 37.3 Å². The number of aliphatic imine (C=N–C) groups is 1. The molecule has 2 rings (SSSR count). The van der Waals surface area contributed by atoms with Crippen LogP contribution in [0, 0.1) is 0 Å². The van der Waals surface area contributed by atoms with Crippen LogP contribution in [0.25, 0.3) is 0 Å². The zero-order valence-corrected chi connectivity index (χ0v) is 15.7. The number of hydrogen-bond donors (Lipinski definition) is 3. The van der Waals surface area contributed by atoms with Crippen LogP contribution < -0.4 is 15.4 Å². The van der Waals surface area contributed by atoms with Gasteiger partial charge in [-0.3, -0.25) is 4.68 Å². The third-order valence-corrected chi connectivity index (χ3v) is 3.80. The average molecular weight is 399 g/mol. The van der Waals surface area contributed by atoms with Gasteiger partial charge in [0.05, 0.1) is 17.8 Å². The van der Waals surface area contributed by atoms with Crippen molar-refractivity contribution in [3.05, 3.63) is 47.8 Å². The second-order valence-corrected chi connectivity index (χ2v) is 6.01. The van der Waals surface area contributed by atoms with Crippen LogP contribution in [0.4, 0.5) is 13.2 Å². The Labute approximate surface area is 161 Å². The summed E-state index contributed by atoms with van der Waals surface area (Å²) >= 11 is 0. The predicted molar refractivity (Wildman–Crippen MR) is 99.0 cm³/mol. The molecule has 0 saturated carbocycles. The van der Waals surface area contributed by atoms with E-state index in [4.69, 9.17) is 4.74 Å². The Morgan fingerprint density at radius 2 is 1.96 bits per heavy atom. The van der Waals surface area contributed by atoms with Crippen LogP contribution in [-0.2, 0) is 19.8 Å². The largest absolute Gasteiger partial charge is 0.491 e. The maximum atomic E-state index is 12.5. The summed E-state index contributed by atoms with van der Waals surface area (Å²) in [4.78, 5) is 4.41. The second-order valence-electron chi connectivity index (χ2n) is 6.01. The van der Waals surface area contributed by atoms with Gasteiger partial charge in [0, 0.05) is 26.3 Å². The summed E-state index contributed by atoms with van der Waals surface area (Å²) in [7, 11) is 1.83. The summed E-state index contributed by atoms with van der Waals surface area (Å²) in [6.45, 7) is 3.09. The highest BCUT2D eigenvalue weighted by atomic mass is 19.4. The highest BCUT2D eigenvalue weighted by Crippen LogP contribution is 2.30. The Hall–Kier alpha value is -2.75. The number of benzene rings is 1. The summed E-state index contributed by atoms with van der Waals surface area (Å²) in [5, 5.41) is 20.2. The number of nitrogens with zero attached hydrogens (tertiary/aromatic N) is 3. The summed E-state index contributed by atoms with van der Waals surface area (Å²) < 4.78 is 44.7. The highest BCUT2D eigenvalue weighted by Gasteiger charge is 2.30. The van der Waals surface area contributed by atoms with Gasteiger partial charge in [0.1, 0.15) is 18.5 Å². The molecule has 1 aromatic carbocycles. The first kappa shape index (κ1) is 21.5. The fraction of sp³-hybridized carbons (Fsp3) is 0.444. The van der Waals surface area contributed by atoms with Crippen molar-refractivity contribution in [3.63, 3.8) is 0 Å². The van der Waals surface area contributed by atoms with Gasteiger partial charge < -0.3 is 20.5 Å². The fourth-order valence-electron chi connectivity index (χ4n) is 2.26. The summed E-state index contributed by atoms with van der Waals surface area (Å²) in [6.07, 6.45) is -3.57. The Morgan fingerprint density at radius 1 is 1.25 bits per heavy atom. The van der Waals surface area contributed by atoms with Crippen molar-refractivity contribution in [2.24, 2.45) is 12.0 Å². The molecule has 0 fully saturated rings. The number of halogens is 3. The zero-order chi connectivity index (χ0) is 20.6. The molecule has 0 amide bonds. The first-order valence-corrected chi connectivity index (χ1v) is 8.76. The average Bonchev–Trinajstić information content (AvgIpc) is 3.07. The van der Waals surface area contributed by atoms with Gasteiger partial charge in [0.15, 0.2) is 5.96 Å². The number of aryl methyl sites for hydroxylation is 1. The van der Waals surface area contributed by atoms with Crippen LogP contribution in [0.5, 0.6) is 5.75 Å². The van der Waals surface area contributed by atoms with E-state index >= 15 is 0 Å². The number of alkyl halides is 3. The third kappa shape index (κ3) is 6.76. The van der Waals surface area contributed by atoms with Crippen molar-refractivity contribution in [1.82, 2.24) is 20.4 Å². The quantitative estimate of drug-likeness (QED) is 0.467. The minimum atomic E-state index is -4.39. The first-order chi connectivity index (χ1) is 13.3. The molecule has 1 unspecified atom stereocenters. The van der Waals surface area contributed by atoms with E-state index in [0.29, 0.717) is 19.0 Å². The Balaban J connectivity index is 1.80. The van der Waals surface area contributed by atoms with E-state index in [1.165, 1.54) is 12.1 Å². The molecule has 10 heteroatoms. The van der Waals surface area contributed by atoms with Gasteiger partial charge in [0.2, 0.25) is 0 Å². The van der Waals surface area contributed by atoms with Gasteiger partial charge in [0.25, 0.3) is 0 Å². The van der Waals surface area contributed by atoms with Gasteiger partial charge in [-0.15, -0.1) is 0 Å². The molecular weight excluding hydrogens is 375 g/mol. The third-order valence-electron chi connectivity index (χ3n) is 3.80. The standard InChI is InChI=1S/C18H24F3N5O2/c1-3-22-17(23-10-14-8-9-25-26(14)2)24-11-15(27)12-28-16-6-4-13(5-7-16)18(19,20)21/h4-9,15,27H,3,10-12H2,1-2H3,(H2,22,23,24). The molecule has 0 aliphatic heterocycles. The number of rotatable bonds is 8. The molecule has 0 spiro atoms. The van der Waals surface area contributed by atoms with E-state index in [2.05, 4.69) is 20.7 Å². The van der Waals surface area contributed by atoms with Crippen molar-refractivity contribution in [3.8, 4) is 5.75 Å². The predicted octanol–water partition coefficient (Wildman–Crippen LogP) is 1.93. The van der Waals surface area contributed by atoms with Crippen molar-refractivity contribution < 1.29 is 23.0 Å². The van der Waals surface area contributed by atoms with Crippen molar-refractivity contribution in [1.29, 1.82) is 0 Å². The van der Waals surface area contributed by atoms with Crippen LogP contribution in [0.1, 0.15) is 18.2 Å². The van der Waals surface area contributed by atoms with E-state index in [0.717, 1.165) is 17.8 Å². The van der Waals surface area contributed by atoms with Crippen LogP contribution in [0.3, 0.4) is 0 Å². The minimum Gasteiger partial charge on any atom is -0.491 e. The summed E-state index contributed by atoms with van der Waals surface area (Å²) in [5.74, 6) is 0.779. The molecule has 0 aliphatic rings. The van der Waals surface area contributed by atoms with Gasteiger partial charge >= 0.3 is 6.18 Å². The molecule has 0 saturated heterocycles. The Bertz CT molecular complexity index is 759. The maximum Gasteiger partial charge on any atom is 0.416 e. The number of ether oxygens (including phenoxy) is 1. The molecule has 28 heavy (non-hydrogen) atoms. The van der Waals surface area contributed by atoms with E-state index in [1.807, 2.05) is 20.0 Å².